The number of nitrogens with one attached hydrogen (secondary N) is 2. The normalized spacial score (nSPS) is 18.0. The minimum Gasteiger partial charge on any atom is -0.383 e. The number of aromatic nitrogens is 4. The molecule has 0 radical (unpaired) electrons. The molecule has 1 aliphatic carbocycles. The molecule has 3 rings (SSSR count). The van der Waals surface area contributed by atoms with Crippen LogP contribution in [0.15, 0.2) is 23.1 Å². The van der Waals surface area contributed by atoms with E-state index < -0.39 is 0 Å². The molecule has 0 fully saturated rings. The van der Waals surface area contributed by atoms with Crippen molar-refractivity contribution in [2.45, 2.75) is 19.3 Å². The van der Waals surface area contributed by atoms with E-state index in [1.807, 2.05) is 0 Å². The zero-order chi connectivity index (χ0) is 15.4. The largest absolute Gasteiger partial charge is 0.383 e. The van der Waals surface area contributed by atoms with Crippen LogP contribution in [-0.2, 0) is 4.74 Å². The maximum Gasteiger partial charge on any atom is 0.263 e. The number of fused-ring (bicyclic) bond motifs is 1. The maximum absolute atomic E-state index is 12.1. The number of methoxy groups -OCH3 is 1. The van der Waals surface area contributed by atoms with Crippen LogP contribution < -0.4 is 10.5 Å². The van der Waals surface area contributed by atoms with Crippen molar-refractivity contribution in [3.8, 4) is 0 Å². The van der Waals surface area contributed by atoms with Crippen molar-refractivity contribution in [2.75, 3.05) is 31.7 Å². The summed E-state index contributed by atoms with van der Waals surface area (Å²) >= 11 is 0. The Morgan fingerprint density at radius 1 is 1.45 bits per heavy atom. The fourth-order valence-electron chi connectivity index (χ4n) is 2.80. The van der Waals surface area contributed by atoms with Gasteiger partial charge in [0.25, 0.3) is 5.56 Å². The van der Waals surface area contributed by atoms with Crippen LogP contribution in [0.4, 0.5) is 5.95 Å². The zero-order valence-corrected chi connectivity index (χ0v) is 12.7. The molecular weight excluding hydrogens is 282 g/mol. The summed E-state index contributed by atoms with van der Waals surface area (Å²) in [6.07, 6.45) is 9.31. The fraction of sp³-hybridized carbons (Fsp3) is 0.533. The van der Waals surface area contributed by atoms with E-state index in [1.54, 1.807) is 7.11 Å². The minimum atomic E-state index is -0.167. The number of hydrogen-bond donors (Lipinski definition) is 2. The van der Waals surface area contributed by atoms with Crippen molar-refractivity contribution in [1.82, 2.24) is 20.2 Å². The van der Waals surface area contributed by atoms with Gasteiger partial charge in [-0.3, -0.25) is 14.9 Å². The lowest BCUT2D eigenvalue weighted by atomic mass is 9.94. The third kappa shape index (κ3) is 3.19. The molecule has 2 N–H and O–H groups in total. The van der Waals surface area contributed by atoms with Gasteiger partial charge in [0.2, 0.25) is 5.95 Å². The van der Waals surface area contributed by atoms with Gasteiger partial charge in [0.1, 0.15) is 5.39 Å². The predicted molar refractivity (Wildman–Crippen MR) is 85.1 cm³/mol. The molecule has 0 amide bonds. The Morgan fingerprint density at radius 2 is 2.36 bits per heavy atom. The molecule has 1 aliphatic rings. The first-order valence-electron chi connectivity index (χ1n) is 7.60. The predicted octanol–water partition coefficient (Wildman–Crippen LogP) is 1.46. The highest BCUT2D eigenvalue weighted by molar-refractivity contribution is 5.73. The van der Waals surface area contributed by atoms with E-state index in [0.29, 0.717) is 36.1 Å². The summed E-state index contributed by atoms with van der Waals surface area (Å²) < 4.78 is 5.19. The maximum atomic E-state index is 12.1. The van der Waals surface area contributed by atoms with Crippen LogP contribution in [0.1, 0.15) is 19.3 Å². The summed E-state index contributed by atoms with van der Waals surface area (Å²) in [5.74, 6) is 1.15. The Bertz CT molecular complexity index is 705. The molecule has 2 aromatic rings. The zero-order valence-electron chi connectivity index (χ0n) is 12.7. The molecule has 0 aliphatic heterocycles. The van der Waals surface area contributed by atoms with Gasteiger partial charge in [-0.15, -0.1) is 0 Å². The highest BCUT2D eigenvalue weighted by Gasteiger charge is 2.18. The number of anilines is 1. The van der Waals surface area contributed by atoms with Crippen LogP contribution in [0, 0.1) is 5.92 Å². The third-order valence-corrected chi connectivity index (χ3v) is 4.03. The molecule has 22 heavy (non-hydrogen) atoms. The van der Waals surface area contributed by atoms with Gasteiger partial charge in [-0.1, -0.05) is 12.2 Å². The third-order valence-electron chi connectivity index (χ3n) is 4.03. The van der Waals surface area contributed by atoms with Crippen molar-refractivity contribution in [3.05, 3.63) is 28.7 Å². The second-order valence-electron chi connectivity index (χ2n) is 5.61. The van der Waals surface area contributed by atoms with E-state index >= 15 is 0 Å². The smallest absolute Gasteiger partial charge is 0.263 e. The first-order chi connectivity index (χ1) is 10.8. The molecule has 1 atom stereocenters. The van der Waals surface area contributed by atoms with Crippen molar-refractivity contribution < 1.29 is 4.74 Å². The number of nitrogens with zero attached hydrogens (tertiary/aromatic N) is 3. The number of H-pyrrole nitrogens is 2. The lowest BCUT2D eigenvalue weighted by Crippen LogP contribution is -2.35. The summed E-state index contributed by atoms with van der Waals surface area (Å²) in [7, 11) is 1.68. The summed E-state index contributed by atoms with van der Waals surface area (Å²) in [5, 5.41) is 7.13. The molecular formula is C15H21N5O2. The van der Waals surface area contributed by atoms with Gasteiger partial charge in [-0.25, -0.2) is 0 Å². The molecule has 0 spiro atoms. The van der Waals surface area contributed by atoms with Gasteiger partial charge < -0.3 is 9.64 Å². The van der Waals surface area contributed by atoms with E-state index in [0.717, 1.165) is 25.8 Å². The number of hydrogen-bond acceptors (Lipinski definition) is 5. The first kappa shape index (κ1) is 14.8. The molecule has 0 bridgehead atoms. The lowest BCUT2D eigenvalue weighted by Gasteiger charge is -2.28. The monoisotopic (exact) mass is 303 g/mol. The fourth-order valence-corrected chi connectivity index (χ4v) is 2.80. The first-order valence-corrected chi connectivity index (χ1v) is 7.60. The highest BCUT2D eigenvalue weighted by Crippen LogP contribution is 2.21. The Morgan fingerprint density at radius 3 is 3.14 bits per heavy atom. The van der Waals surface area contributed by atoms with E-state index in [1.165, 1.54) is 6.20 Å². The van der Waals surface area contributed by atoms with Crippen molar-refractivity contribution >= 4 is 17.0 Å². The van der Waals surface area contributed by atoms with Crippen LogP contribution in [0.2, 0.25) is 0 Å². The average molecular weight is 303 g/mol. The second-order valence-corrected chi connectivity index (χ2v) is 5.61. The highest BCUT2D eigenvalue weighted by atomic mass is 16.5. The Labute approximate surface area is 128 Å². The summed E-state index contributed by atoms with van der Waals surface area (Å²) in [5.41, 5.74) is 0.351. The topological polar surface area (TPSA) is 86.9 Å². The SMILES string of the molecule is COCCN(CC1CC=CCC1)c1nc2[nH]ncc2c(=O)[nH]1. The second kappa shape index (κ2) is 6.74. The average Bonchev–Trinajstić information content (AvgIpc) is 3.01. The van der Waals surface area contributed by atoms with Crippen LogP contribution in [0.5, 0.6) is 0 Å². The van der Waals surface area contributed by atoms with E-state index in [9.17, 15) is 4.79 Å². The van der Waals surface area contributed by atoms with Gasteiger partial charge in [-0.05, 0) is 25.2 Å². The van der Waals surface area contributed by atoms with E-state index in [-0.39, 0.29) is 5.56 Å². The molecule has 7 heteroatoms. The Balaban J connectivity index is 1.85. The Hall–Kier alpha value is -2.15. The number of allylic oxidation sites excluding steroid dienone is 2. The van der Waals surface area contributed by atoms with Crippen LogP contribution in [0.25, 0.3) is 11.0 Å². The summed E-state index contributed by atoms with van der Waals surface area (Å²) in [6, 6.07) is 0. The quantitative estimate of drug-likeness (QED) is 0.789. The lowest BCUT2D eigenvalue weighted by molar-refractivity contribution is 0.203. The van der Waals surface area contributed by atoms with Gasteiger partial charge >= 0.3 is 0 Å². The van der Waals surface area contributed by atoms with Crippen molar-refractivity contribution in [3.63, 3.8) is 0 Å². The van der Waals surface area contributed by atoms with E-state index in [4.69, 9.17) is 4.74 Å². The molecule has 0 aromatic carbocycles. The van der Waals surface area contributed by atoms with E-state index in [2.05, 4.69) is 37.2 Å². The van der Waals surface area contributed by atoms with Crippen LogP contribution >= 0.6 is 0 Å². The number of rotatable bonds is 6. The van der Waals surface area contributed by atoms with Crippen molar-refractivity contribution in [2.24, 2.45) is 5.92 Å². The number of ether oxygens (including phenoxy) is 1. The molecule has 0 saturated heterocycles. The molecule has 1 unspecified atom stereocenters. The Kier molecular flexibility index (Phi) is 4.53. The minimum absolute atomic E-state index is 0.167. The van der Waals surface area contributed by atoms with Crippen LogP contribution in [-0.4, -0.2) is 47.0 Å². The van der Waals surface area contributed by atoms with Gasteiger partial charge in [0.05, 0.1) is 12.8 Å². The summed E-state index contributed by atoms with van der Waals surface area (Å²) in [4.78, 5) is 21.6. The molecule has 2 heterocycles. The summed E-state index contributed by atoms with van der Waals surface area (Å²) in [6.45, 7) is 2.14. The molecule has 7 nitrogen and oxygen atoms in total. The van der Waals surface area contributed by atoms with Crippen LogP contribution in [0.3, 0.4) is 0 Å². The van der Waals surface area contributed by atoms with Gasteiger partial charge in [-0.2, -0.15) is 10.1 Å². The van der Waals surface area contributed by atoms with Gasteiger partial charge in [0, 0.05) is 20.2 Å². The standard InChI is InChI=1S/C15H21N5O2/c1-22-8-7-20(10-11-5-3-2-4-6-11)15-17-13-12(9-16-19-13)14(21)18-15/h2-3,9,11H,4-8,10H2,1H3,(H2,16,17,18,19,21). The van der Waals surface area contributed by atoms with Crippen molar-refractivity contribution in [1.29, 1.82) is 0 Å². The molecule has 2 aromatic heterocycles. The number of aromatic amines is 2. The van der Waals surface area contributed by atoms with Gasteiger partial charge in [0.15, 0.2) is 5.65 Å². The molecule has 118 valence electrons. The molecule has 0 saturated carbocycles.